The van der Waals surface area contributed by atoms with Gasteiger partial charge in [-0.3, -0.25) is 4.79 Å². The number of anilines is 1. The number of hydrogen-bond acceptors (Lipinski definition) is 2. The van der Waals surface area contributed by atoms with Crippen LogP contribution in [-0.4, -0.2) is 23.1 Å². The summed E-state index contributed by atoms with van der Waals surface area (Å²) < 4.78 is 0. The Balaban J connectivity index is 2.68. The van der Waals surface area contributed by atoms with Gasteiger partial charge in [-0.15, -0.1) is 0 Å². The van der Waals surface area contributed by atoms with E-state index in [-0.39, 0.29) is 0 Å². The van der Waals surface area contributed by atoms with Crippen molar-refractivity contribution in [2.75, 3.05) is 5.32 Å². The Labute approximate surface area is 108 Å². The number of aliphatic carboxylic acids is 1. The zero-order chi connectivity index (χ0) is 13.0. The fourth-order valence-corrected chi connectivity index (χ4v) is 1.35. The first-order valence-corrected chi connectivity index (χ1v) is 5.41. The topological polar surface area (TPSA) is 78.4 Å². The third-order valence-electron chi connectivity index (χ3n) is 1.89. The van der Waals surface area contributed by atoms with E-state index >= 15 is 0 Å². The predicted octanol–water partition coefficient (Wildman–Crippen LogP) is 2.59. The number of carbonyl (C=O) groups is 2. The lowest BCUT2D eigenvalue weighted by Crippen LogP contribution is -2.40. The number of carboxylic acid groups (broad SMARTS) is 1. The van der Waals surface area contributed by atoms with Gasteiger partial charge in [0.2, 0.25) is 0 Å². The van der Waals surface area contributed by atoms with Crippen LogP contribution in [0.25, 0.3) is 0 Å². The second-order valence-electron chi connectivity index (χ2n) is 3.28. The molecule has 3 N–H and O–H groups in total. The molecular weight excluding hydrogens is 267 g/mol. The van der Waals surface area contributed by atoms with Crippen LogP contribution in [0.5, 0.6) is 0 Å². The van der Waals surface area contributed by atoms with Crippen LogP contribution < -0.4 is 10.6 Å². The monoisotopic (exact) mass is 276 g/mol. The first-order valence-electron chi connectivity index (χ1n) is 4.65. The molecule has 0 heterocycles. The SMILES string of the molecule is CC(NC(=O)Nc1cc(Cl)ccc1Cl)C(=O)O. The molecule has 7 heteroatoms. The number of urea groups is 1. The number of amides is 2. The van der Waals surface area contributed by atoms with Gasteiger partial charge in [0.25, 0.3) is 0 Å². The molecule has 0 bridgehead atoms. The van der Waals surface area contributed by atoms with Gasteiger partial charge in [-0.05, 0) is 25.1 Å². The normalized spacial score (nSPS) is 11.7. The predicted molar refractivity (Wildman–Crippen MR) is 65.7 cm³/mol. The number of nitrogens with one attached hydrogen (secondary N) is 2. The lowest BCUT2D eigenvalue weighted by Gasteiger charge is -2.11. The molecule has 1 aromatic carbocycles. The van der Waals surface area contributed by atoms with Crippen molar-refractivity contribution in [2.24, 2.45) is 0 Å². The molecule has 1 aromatic rings. The molecule has 17 heavy (non-hydrogen) atoms. The van der Waals surface area contributed by atoms with Crippen LogP contribution in [0.4, 0.5) is 10.5 Å². The van der Waals surface area contributed by atoms with E-state index in [1.165, 1.54) is 19.1 Å². The van der Waals surface area contributed by atoms with Gasteiger partial charge in [0.1, 0.15) is 6.04 Å². The lowest BCUT2D eigenvalue weighted by molar-refractivity contribution is -0.138. The van der Waals surface area contributed by atoms with Crippen molar-refractivity contribution in [2.45, 2.75) is 13.0 Å². The van der Waals surface area contributed by atoms with Crippen molar-refractivity contribution in [3.8, 4) is 0 Å². The molecule has 0 aliphatic rings. The van der Waals surface area contributed by atoms with E-state index < -0.39 is 18.0 Å². The standard InChI is InChI=1S/C10H10Cl2N2O3/c1-5(9(15)16)13-10(17)14-8-4-6(11)2-3-7(8)12/h2-5H,1H3,(H,15,16)(H2,13,14,17). The van der Waals surface area contributed by atoms with Crippen molar-refractivity contribution in [1.29, 1.82) is 0 Å². The summed E-state index contributed by atoms with van der Waals surface area (Å²) in [5, 5.41) is 14.0. The minimum Gasteiger partial charge on any atom is -0.480 e. The van der Waals surface area contributed by atoms with Crippen molar-refractivity contribution < 1.29 is 14.7 Å². The number of hydrogen-bond donors (Lipinski definition) is 3. The van der Waals surface area contributed by atoms with Crippen LogP contribution in [0.1, 0.15) is 6.92 Å². The zero-order valence-electron chi connectivity index (χ0n) is 8.83. The summed E-state index contributed by atoms with van der Waals surface area (Å²) in [7, 11) is 0. The Morgan fingerprint density at radius 3 is 2.59 bits per heavy atom. The molecule has 0 saturated heterocycles. The van der Waals surface area contributed by atoms with E-state index in [9.17, 15) is 9.59 Å². The summed E-state index contributed by atoms with van der Waals surface area (Å²) >= 11 is 11.6. The summed E-state index contributed by atoms with van der Waals surface area (Å²) in [6.45, 7) is 1.35. The van der Waals surface area contributed by atoms with Crippen molar-refractivity contribution in [1.82, 2.24) is 5.32 Å². The van der Waals surface area contributed by atoms with E-state index in [1.807, 2.05) is 0 Å². The molecule has 0 aliphatic heterocycles. The quantitative estimate of drug-likeness (QED) is 0.794. The van der Waals surface area contributed by atoms with Gasteiger partial charge in [0, 0.05) is 5.02 Å². The third-order valence-corrected chi connectivity index (χ3v) is 2.46. The number of rotatable bonds is 3. The molecule has 0 spiro atoms. The van der Waals surface area contributed by atoms with Crippen molar-refractivity contribution >= 4 is 40.9 Å². The number of carbonyl (C=O) groups excluding carboxylic acids is 1. The number of benzene rings is 1. The maximum Gasteiger partial charge on any atom is 0.325 e. The van der Waals surface area contributed by atoms with Gasteiger partial charge in [0.15, 0.2) is 0 Å². The van der Waals surface area contributed by atoms with E-state index in [1.54, 1.807) is 6.07 Å². The molecule has 5 nitrogen and oxygen atoms in total. The summed E-state index contributed by atoms with van der Waals surface area (Å²) in [5.74, 6) is -1.13. The summed E-state index contributed by atoms with van der Waals surface area (Å²) in [6, 6.07) is 2.92. The largest absolute Gasteiger partial charge is 0.480 e. The summed E-state index contributed by atoms with van der Waals surface area (Å²) in [5.41, 5.74) is 0.314. The van der Waals surface area contributed by atoms with E-state index in [2.05, 4.69) is 10.6 Å². The van der Waals surface area contributed by atoms with Crippen LogP contribution in [0.3, 0.4) is 0 Å². The van der Waals surface area contributed by atoms with Crippen molar-refractivity contribution in [3.05, 3.63) is 28.2 Å². The Kier molecular flexibility index (Phi) is 4.60. The first kappa shape index (κ1) is 13.6. The van der Waals surface area contributed by atoms with Crippen LogP contribution in [0, 0.1) is 0 Å². The van der Waals surface area contributed by atoms with Crippen LogP contribution >= 0.6 is 23.2 Å². The van der Waals surface area contributed by atoms with Gasteiger partial charge in [0.05, 0.1) is 10.7 Å². The molecular formula is C10H10Cl2N2O3. The molecule has 0 radical (unpaired) electrons. The first-order chi connectivity index (χ1) is 7.90. The molecule has 1 rings (SSSR count). The minimum absolute atomic E-state index is 0.313. The van der Waals surface area contributed by atoms with Gasteiger partial charge in [-0.2, -0.15) is 0 Å². The molecule has 1 atom stereocenters. The number of halogens is 2. The fourth-order valence-electron chi connectivity index (χ4n) is 1.01. The molecule has 0 aromatic heterocycles. The second-order valence-corrected chi connectivity index (χ2v) is 4.13. The minimum atomic E-state index is -1.13. The lowest BCUT2D eigenvalue weighted by atomic mass is 10.3. The van der Waals surface area contributed by atoms with E-state index in [0.717, 1.165) is 0 Å². The highest BCUT2D eigenvalue weighted by Gasteiger charge is 2.14. The smallest absolute Gasteiger partial charge is 0.325 e. The van der Waals surface area contributed by atoms with Crippen LogP contribution in [0.2, 0.25) is 10.0 Å². The van der Waals surface area contributed by atoms with E-state index in [4.69, 9.17) is 28.3 Å². The molecule has 0 saturated carbocycles. The van der Waals surface area contributed by atoms with Gasteiger partial charge < -0.3 is 15.7 Å². The average molecular weight is 277 g/mol. The van der Waals surface area contributed by atoms with Gasteiger partial charge in [-0.1, -0.05) is 23.2 Å². The molecule has 1 unspecified atom stereocenters. The van der Waals surface area contributed by atoms with E-state index in [0.29, 0.717) is 15.7 Å². The zero-order valence-corrected chi connectivity index (χ0v) is 10.3. The summed E-state index contributed by atoms with van der Waals surface area (Å²) in [4.78, 5) is 21.9. The van der Waals surface area contributed by atoms with Crippen LogP contribution in [0.15, 0.2) is 18.2 Å². The maximum atomic E-state index is 11.4. The Bertz CT molecular complexity index is 451. The Hall–Kier alpha value is -1.46. The highest BCUT2D eigenvalue weighted by atomic mass is 35.5. The Morgan fingerprint density at radius 1 is 1.35 bits per heavy atom. The maximum absolute atomic E-state index is 11.4. The molecule has 2 amide bonds. The second kappa shape index (κ2) is 5.75. The number of carboxylic acids is 1. The van der Waals surface area contributed by atoms with Crippen molar-refractivity contribution in [3.63, 3.8) is 0 Å². The Morgan fingerprint density at radius 2 is 2.00 bits per heavy atom. The van der Waals surface area contributed by atoms with Gasteiger partial charge in [-0.25, -0.2) is 4.79 Å². The average Bonchev–Trinajstić information content (AvgIpc) is 2.23. The van der Waals surface area contributed by atoms with Gasteiger partial charge >= 0.3 is 12.0 Å². The highest BCUT2D eigenvalue weighted by Crippen LogP contribution is 2.25. The highest BCUT2D eigenvalue weighted by molar-refractivity contribution is 6.35. The fraction of sp³-hybridized carbons (Fsp3) is 0.200. The molecule has 92 valence electrons. The summed E-state index contributed by atoms with van der Waals surface area (Å²) in [6.07, 6.45) is 0. The molecule has 0 fully saturated rings. The third kappa shape index (κ3) is 4.13. The molecule has 0 aliphatic carbocycles. The van der Waals surface area contributed by atoms with Crippen LogP contribution in [-0.2, 0) is 4.79 Å².